The summed E-state index contributed by atoms with van der Waals surface area (Å²) < 4.78 is 63.6. The Balaban J connectivity index is 1.53. The summed E-state index contributed by atoms with van der Waals surface area (Å²) in [5.41, 5.74) is -2.12. The minimum absolute atomic E-state index is 0.0733. The fraction of sp³-hybridized carbons (Fsp3) is 0.467. The standard InChI is InChI=1S/C30H35F4N7O3/c1-18(2)39(4)20-5-6-41(16-20)26-13-24(31)21(19-14-35-29(36-15-19)40-7-9-44-10-8-40)11-25(26)37-28(43)22-17-38(3)27(42)12-23(22)30(32,33)34/h11-15,17-18,20H,5-10,16H2,1-4H3,(H,37,43). The van der Waals surface area contributed by atoms with Gasteiger partial charge in [0.15, 0.2) is 0 Å². The zero-order valence-electron chi connectivity index (χ0n) is 25.0. The molecule has 2 aromatic heterocycles. The first-order chi connectivity index (χ1) is 20.8. The van der Waals surface area contributed by atoms with E-state index in [0.29, 0.717) is 62.7 Å². The maximum Gasteiger partial charge on any atom is 0.417 e. The number of nitrogens with zero attached hydrogens (tertiary/aromatic N) is 6. The molecule has 0 spiro atoms. The van der Waals surface area contributed by atoms with Crippen molar-refractivity contribution in [1.29, 1.82) is 0 Å². The van der Waals surface area contributed by atoms with Crippen LogP contribution in [0, 0.1) is 5.82 Å². The van der Waals surface area contributed by atoms with Gasteiger partial charge in [0.25, 0.3) is 11.5 Å². The molecule has 0 saturated carbocycles. The van der Waals surface area contributed by atoms with Crippen LogP contribution in [0.5, 0.6) is 0 Å². The molecule has 2 aliphatic heterocycles. The average Bonchev–Trinajstić information content (AvgIpc) is 3.48. The lowest BCUT2D eigenvalue weighted by molar-refractivity contribution is -0.138. The van der Waals surface area contributed by atoms with Crippen LogP contribution in [0.15, 0.2) is 41.6 Å². The molecule has 2 fully saturated rings. The number of benzene rings is 1. The highest BCUT2D eigenvalue weighted by atomic mass is 19.4. The summed E-state index contributed by atoms with van der Waals surface area (Å²) in [7, 11) is 3.26. The van der Waals surface area contributed by atoms with E-state index in [4.69, 9.17) is 4.74 Å². The number of hydrogen-bond donors (Lipinski definition) is 1. The van der Waals surface area contributed by atoms with E-state index in [9.17, 15) is 22.8 Å². The Bertz CT molecular complexity index is 1570. The molecular formula is C30H35F4N7O3. The Hall–Kier alpha value is -4.04. The molecule has 1 unspecified atom stereocenters. The van der Waals surface area contributed by atoms with Crippen molar-refractivity contribution in [3.05, 3.63) is 64.1 Å². The van der Waals surface area contributed by atoms with Gasteiger partial charge < -0.3 is 24.4 Å². The fourth-order valence-electron chi connectivity index (χ4n) is 5.48. The van der Waals surface area contributed by atoms with Gasteiger partial charge in [-0.3, -0.25) is 14.5 Å². The number of rotatable bonds is 7. The highest BCUT2D eigenvalue weighted by Crippen LogP contribution is 2.37. The third-order valence-corrected chi connectivity index (χ3v) is 8.25. The summed E-state index contributed by atoms with van der Waals surface area (Å²) in [6.07, 6.45) is -0.368. The van der Waals surface area contributed by atoms with Gasteiger partial charge in [-0.1, -0.05) is 0 Å². The third-order valence-electron chi connectivity index (χ3n) is 8.25. The second-order valence-electron chi connectivity index (χ2n) is 11.4. The predicted octanol–water partition coefficient (Wildman–Crippen LogP) is 4.01. The van der Waals surface area contributed by atoms with Crippen molar-refractivity contribution < 1.29 is 27.1 Å². The second-order valence-corrected chi connectivity index (χ2v) is 11.4. The Morgan fingerprint density at radius 1 is 1.09 bits per heavy atom. The Morgan fingerprint density at radius 2 is 1.77 bits per heavy atom. The van der Waals surface area contributed by atoms with Gasteiger partial charge in [-0.15, -0.1) is 0 Å². The molecule has 1 aromatic carbocycles. The smallest absolute Gasteiger partial charge is 0.378 e. The van der Waals surface area contributed by atoms with Crippen LogP contribution in [-0.2, 0) is 18.0 Å². The summed E-state index contributed by atoms with van der Waals surface area (Å²) in [5, 5.41) is 2.59. The molecule has 1 N–H and O–H groups in total. The molecule has 44 heavy (non-hydrogen) atoms. The molecule has 0 bridgehead atoms. The summed E-state index contributed by atoms with van der Waals surface area (Å²) in [6.45, 7) is 7.54. The first-order valence-corrected chi connectivity index (χ1v) is 14.4. The third kappa shape index (κ3) is 6.55. The zero-order valence-corrected chi connectivity index (χ0v) is 25.0. The number of alkyl halides is 3. The van der Waals surface area contributed by atoms with Gasteiger partial charge >= 0.3 is 6.18 Å². The molecule has 2 aliphatic rings. The highest BCUT2D eigenvalue weighted by molar-refractivity contribution is 6.07. The number of pyridine rings is 1. The Labute approximate surface area is 252 Å². The molecule has 1 atom stereocenters. The summed E-state index contributed by atoms with van der Waals surface area (Å²) in [6, 6.07) is 3.49. The minimum Gasteiger partial charge on any atom is -0.378 e. The van der Waals surface area contributed by atoms with E-state index < -0.39 is 34.6 Å². The van der Waals surface area contributed by atoms with E-state index in [2.05, 4.69) is 34.0 Å². The van der Waals surface area contributed by atoms with Crippen molar-refractivity contribution in [2.24, 2.45) is 7.05 Å². The SMILES string of the molecule is CC(C)N(C)C1CCN(c2cc(F)c(-c3cnc(N4CCOCC4)nc3)cc2NC(=O)c2cn(C)c(=O)cc2C(F)(F)F)C1. The van der Waals surface area contributed by atoms with E-state index in [1.54, 1.807) is 0 Å². The summed E-state index contributed by atoms with van der Waals surface area (Å²) in [5.74, 6) is -1.21. The maximum absolute atomic E-state index is 15.8. The number of carbonyl (C=O) groups is 1. The fourth-order valence-corrected chi connectivity index (χ4v) is 5.48. The highest BCUT2D eigenvalue weighted by Gasteiger charge is 2.37. The van der Waals surface area contributed by atoms with E-state index >= 15 is 4.39 Å². The van der Waals surface area contributed by atoms with Crippen LogP contribution in [0.3, 0.4) is 0 Å². The molecule has 2 saturated heterocycles. The van der Waals surface area contributed by atoms with Crippen molar-refractivity contribution in [2.75, 3.05) is 61.6 Å². The van der Waals surface area contributed by atoms with Gasteiger partial charge in [-0.25, -0.2) is 14.4 Å². The number of carbonyl (C=O) groups excluding carboxylic acids is 1. The number of hydrogen-bond acceptors (Lipinski definition) is 8. The Morgan fingerprint density at radius 3 is 2.41 bits per heavy atom. The van der Waals surface area contributed by atoms with Crippen molar-refractivity contribution in [3.63, 3.8) is 0 Å². The van der Waals surface area contributed by atoms with E-state index in [-0.39, 0.29) is 23.3 Å². The number of ether oxygens (including phenoxy) is 1. The van der Waals surface area contributed by atoms with Gasteiger partial charge in [0.05, 0.1) is 35.7 Å². The van der Waals surface area contributed by atoms with Crippen molar-refractivity contribution in [2.45, 2.75) is 38.5 Å². The number of anilines is 3. The second kappa shape index (κ2) is 12.5. The molecule has 236 valence electrons. The summed E-state index contributed by atoms with van der Waals surface area (Å²) in [4.78, 5) is 40.3. The Kier molecular flexibility index (Phi) is 8.93. The molecule has 1 amide bonds. The number of halogens is 4. The molecule has 10 nitrogen and oxygen atoms in total. The zero-order chi connectivity index (χ0) is 31.8. The first kappa shape index (κ1) is 31.4. The number of nitrogens with one attached hydrogen (secondary N) is 1. The van der Waals surface area contributed by atoms with E-state index in [0.717, 1.165) is 17.2 Å². The molecule has 5 rings (SSSR count). The van der Waals surface area contributed by atoms with Crippen LogP contribution < -0.4 is 20.7 Å². The van der Waals surface area contributed by atoms with Gasteiger partial charge in [0, 0.05) is 81.1 Å². The van der Waals surface area contributed by atoms with Crippen molar-refractivity contribution in [3.8, 4) is 11.1 Å². The van der Waals surface area contributed by atoms with E-state index in [1.807, 2.05) is 16.8 Å². The molecule has 0 radical (unpaired) electrons. The van der Waals surface area contributed by atoms with Crippen LogP contribution in [0.2, 0.25) is 0 Å². The number of likely N-dealkylation sites (N-methyl/N-ethyl adjacent to an activating group) is 1. The first-order valence-electron chi connectivity index (χ1n) is 14.4. The van der Waals surface area contributed by atoms with Crippen LogP contribution in [-0.4, -0.2) is 83.9 Å². The van der Waals surface area contributed by atoms with E-state index in [1.165, 1.54) is 31.6 Å². The lowest BCUT2D eigenvalue weighted by atomic mass is 10.0. The van der Waals surface area contributed by atoms with Crippen molar-refractivity contribution >= 4 is 23.2 Å². The largest absolute Gasteiger partial charge is 0.417 e. The predicted molar refractivity (Wildman–Crippen MR) is 159 cm³/mol. The van der Waals surface area contributed by atoms with Crippen LogP contribution in [0.4, 0.5) is 34.9 Å². The maximum atomic E-state index is 15.8. The van der Waals surface area contributed by atoms with Crippen molar-refractivity contribution in [1.82, 2.24) is 19.4 Å². The molecule has 3 aromatic rings. The molecule has 14 heteroatoms. The lowest BCUT2D eigenvalue weighted by Crippen LogP contribution is -2.39. The number of morpholine rings is 1. The summed E-state index contributed by atoms with van der Waals surface area (Å²) >= 11 is 0. The van der Waals surface area contributed by atoms with Gasteiger partial charge in [0.2, 0.25) is 5.95 Å². The minimum atomic E-state index is -4.94. The van der Waals surface area contributed by atoms with Crippen LogP contribution in [0.1, 0.15) is 36.2 Å². The number of amides is 1. The monoisotopic (exact) mass is 617 g/mol. The topological polar surface area (TPSA) is 95.8 Å². The van der Waals surface area contributed by atoms with Gasteiger partial charge in [-0.05, 0) is 39.4 Å². The lowest BCUT2D eigenvalue weighted by Gasteiger charge is -2.29. The van der Waals surface area contributed by atoms with Crippen LogP contribution >= 0.6 is 0 Å². The molecule has 0 aliphatic carbocycles. The average molecular weight is 618 g/mol. The normalized spacial score (nSPS) is 17.5. The van der Waals surface area contributed by atoms with Crippen LogP contribution in [0.25, 0.3) is 11.1 Å². The molecular weight excluding hydrogens is 582 g/mol. The van der Waals surface area contributed by atoms with Gasteiger partial charge in [-0.2, -0.15) is 13.2 Å². The van der Waals surface area contributed by atoms with Gasteiger partial charge in [0.1, 0.15) is 5.82 Å². The number of aryl methyl sites for hydroxylation is 1. The quantitative estimate of drug-likeness (QED) is 0.398. The number of aromatic nitrogens is 3. The molecule has 4 heterocycles.